The van der Waals surface area contributed by atoms with Crippen molar-refractivity contribution in [1.82, 2.24) is 0 Å². The first-order valence-corrected chi connectivity index (χ1v) is 7.96. The van der Waals surface area contributed by atoms with E-state index in [1.54, 1.807) is 19.1 Å². The molecule has 104 valence electrons. The first kappa shape index (κ1) is 15.0. The van der Waals surface area contributed by atoms with Gasteiger partial charge in [-0.3, -0.25) is 4.79 Å². The van der Waals surface area contributed by atoms with E-state index in [0.29, 0.717) is 5.00 Å². The molecule has 0 saturated heterocycles. The number of rotatable bonds is 4. The summed E-state index contributed by atoms with van der Waals surface area (Å²) in [6.07, 6.45) is 3.07. The summed E-state index contributed by atoms with van der Waals surface area (Å²) in [7, 11) is 0. The van der Waals surface area contributed by atoms with Crippen molar-refractivity contribution < 1.29 is 14.7 Å². The monoisotopic (exact) mass is 371 g/mol. The maximum atomic E-state index is 11.8. The number of anilines is 1. The van der Waals surface area contributed by atoms with E-state index < -0.39 is 5.97 Å². The molecule has 2 heterocycles. The smallest absolute Gasteiger partial charge is 0.338 e. The third-order valence-corrected chi connectivity index (χ3v) is 4.87. The predicted octanol–water partition coefficient (Wildman–Crippen LogP) is 4.23. The fourth-order valence-electron chi connectivity index (χ4n) is 1.50. The van der Waals surface area contributed by atoms with Crippen molar-refractivity contribution in [3.63, 3.8) is 0 Å². The average molecular weight is 372 g/mol. The van der Waals surface area contributed by atoms with Gasteiger partial charge in [0.2, 0.25) is 5.91 Å². The van der Waals surface area contributed by atoms with Crippen LogP contribution >= 0.6 is 38.6 Å². The Morgan fingerprint density at radius 3 is 2.70 bits per heavy atom. The molecule has 2 aromatic rings. The van der Waals surface area contributed by atoms with Crippen LogP contribution in [0, 0.1) is 6.92 Å². The zero-order valence-corrected chi connectivity index (χ0v) is 13.6. The molecule has 4 nitrogen and oxygen atoms in total. The second-order valence-electron chi connectivity index (χ2n) is 3.87. The third kappa shape index (κ3) is 3.78. The topological polar surface area (TPSA) is 66.4 Å². The van der Waals surface area contributed by atoms with E-state index in [0.717, 1.165) is 13.5 Å². The molecule has 0 atom stereocenters. The molecule has 0 radical (unpaired) electrons. The predicted molar refractivity (Wildman–Crippen MR) is 85.7 cm³/mol. The van der Waals surface area contributed by atoms with Crippen molar-refractivity contribution in [3.05, 3.63) is 43.4 Å². The van der Waals surface area contributed by atoms with E-state index in [9.17, 15) is 9.59 Å². The summed E-state index contributed by atoms with van der Waals surface area (Å²) in [6, 6.07) is 5.33. The van der Waals surface area contributed by atoms with E-state index in [-0.39, 0.29) is 11.5 Å². The summed E-state index contributed by atoms with van der Waals surface area (Å²) >= 11 is 6.09. The molecule has 0 aliphatic rings. The highest BCUT2D eigenvalue weighted by molar-refractivity contribution is 9.11. The largest absolute Gasteiger partial charge is 0.478 e. The highest BCUT2D eigenvalue weighted by Gasteiger charge is 2.14. The van der Waals surface area contributed by atoms with Crippen LogP contribution in [0.1, 0.15) is 20.1 Å². The number of nitrogens with one attached hydrogen (secondary N) is 1. The average Bonchev–Trinajstić information content (AvgIpc) is 2.93. The number of aryl methyl sites for hydroxylation is 1. The van der Waals surface area contributed by atoms with E-state index >= 15 is 0 Å². The lowest BCUT2D eigenvalue weighted by atomic mass is 10.3. The molecule has 1 amide bonds. The van der Waals surface area contributed by atoms with Gasteiger partial charge in [-0.25, -0.2) is 4.79 Å². The molecule has 20 heavy (non-hydrogen) atoms. The second kappa shape index (κ2) is 6.34. The van der Waals surface area contributed by atoms with Gasteiger partial charge in [0.1, 0.15) is 5.00 Å². The summed E-state index contributed by atoms with van der Waals surface area (Å²) in [5.41, 5.74) is 0.119. The minimum absolute atomic E-state index is 0.119. The number of hydrogen-bond donors (Lipinski definition) is 2. The number of aromatic carboxylic acids is 1. The number of carboxylic acids is 1. The van der Waals surface area contributed by atoms with Gasteiger partial charge in [0.05, 0.1) is 9.35 Å². The van der Waals surface area contributed by atoms with Crippen LogP contribution in [0.15, 0.2) is 28.1 Å². The van der Waals surface area contributed by atoms with Gasteiger partial charge < -0.3 is 10.4 Å². The molecule has 2 N–H and O–H groups in total. The van der Waals surface area contributed by atoms with Crippen molar-refractivity contribution in [2.45, 2.75) is 6.92 Å². The maximum absolute atomic E-state index is 11.8. The Morgan fingerprint density at radius 1 is 1.35 bits per heavy atom. The fourth-order valence-corrected chi connectivity index (χ4v) is 3.73. The highest BCUT2D eigenvalue weighted by atomic mass is 79.9. The van der Waals surface area contributed by atoms with E-state index in [1.807, 2.05) is 12.1 Å². The van der Waals surface area contributed by atoms with Crippen molar-refractivity contribution in [2.24, 2.45) is 0 Å². The Kier molecular flexibility index (Phi) is 4.74. The zero-order chi connectivity index (χ0) is 14.7. The van der Waals surface area contributed by atoms with Crippen molar-refractivity contribution in [1.29, 1.82) is 0 Å². The lowest BCUT2D eigenvalue weighted by molar-refractivity contribution is -0.111. The lowest BCUT2D eigenvalue weighted by Crippen LogP contribution is -2.09. The first-order valence-electron chi connectivity index (χ1n) is 5.54. The van der Waals surface area contributed by atoms with Crippen LogP contribution in [0.2, 0.25) is 0 Å². The van der Waals surface area contributed by atoms with Gasteiger partial charge in [-0.2, -0.15) is 0 Å². The van der Waals surface area contributed by atoms with Crippen LogP contribution in [0.25, 0.3) is 6.08 Å². The summed E-state index contributed by atoms with van der Waals surface area (Å²) in [4.78, 5) is 24.6. The maximum Gasteiger partial charge on any atom is 0.338 e. The SMILES string of the molecule is Cc1cc(C(=O)O)c(NC(=O)C=Cc2ccc(Br)s2)s1. The number of carbonyl (C=O) groups is 2. The van der Waals surface area contributed by atoms with Gasteiger partial charge in [-0.15, -0.1) is 22.7 Å². The van der Waals surface area contributed by atoms with Crippen LogP contribution in [0.3, 0.4) is 0 Å². The Balaban J connectivity index is 2.08. The summed E-state index contributed by atoms with van der Waals surface area (Å²) in [5.74, 6) is -1.39. The van der Waals surface area contributed by atoms with Crippen LogP contribution in [0.5, 0.6) is 0 Å². The van der Waals surface area contributed by atoms with E-state index in [4.69, 9.17) is 5.11 Å². The number of carbonyl (C=O) groups excluding carboxylic acids is 1. The first-order chi connectivity index (χ1) is 9.45. The number of amides is 1. The van der Waals surface area contributed by atoms with Gasteiger partial charge in [0.25, 0.3) is 0 Å². The number of carboxylic acid groups (broad SMARTS) is 1. The quantitative estimate of drug-likeness (QED) is 0.790. The minimum Gasteiger partial charge on any atom is -0.478 e. The summed E-state index contributed by atoms with van der Waals surface area (Å²) in [5, 5.41) is 12.0. The molecule has 0 aliphatic carbocycles. The van der Waals surface area contributed by atoms with E-state index in [1.165, 1.54) is 28.7 Å². The molecule has 0 saturated carbocycles. The molecule has 0 spiro atoms. The Morgan fingerprint density at radius 2 is 2.10 bits per heavy atom. The lowest BCUT2D eigenvalue weighted by Gasteiger charge is -1.99. The normalized spacial score (nSPS) is 10.9. The van der Waals surface area contributed by atoms with E-state index in [2.05, 4.69) is 21.2 Å². The zero-order valence-electron chi connectivity index (χ0n) is 10.3. The van der Waals surface area contributed by atoms with Crippen molar-refractivity contribution in [2.75, 3.05) is 5.32 Å². The molecule has 2 rings (SSSR count). The number of halogens is 1. The molecule has 7 heteroatoms. The standard InChI is InChI=1S/C13H10BrNO3S2/c1-7-6-9(13(17)18)12(19-7)15-11(16)5-3-8-2-4-10(14)20-8/h2-6H,1H3,(H,15,16)(H,17,18). The van der Waals surface area contributed by atoms with Gasteiger partial charge >= 0.3 is 5.97 Å². The van der Waals surface area contributed by atoms with Crippen LogP contribution < -0.4 is 5.32 Å². The third-order valence-electron chi connectivity index (χ3n) is 2.32. The molecule has 0 unspecified atom stereocenters. The Labute approximate surface area is 131 Å². The minimum atomic E-state index is -1.05. The van der Waals surface area contributed by atoms with Crippen molar-refractivity contribution in [3.8, 4) is 0 Å². The van der Waals surface area contributed by atoms with Crippen LogP contribution in [-0.2, 0) is 4.79 Å². The Bertz CT molecular complexity index is 688. The molecular weight excluding hydrogens is 362 g/mol. The molecule has 0 fully saturated rings. The van der Waals surface area contributed by atoms with Crippen LogP contribution in [-0.4, -0.2) is 17.0 Å². The van der Waals surface area contributed by atoms with Gasteiger partial charge in [-0.1, -0.05) is 0 Å². The summed E-state index contributed by atoms with van der Waals surface area (Å²) in [6.45, 7) is 1.80. The van der Waals surface area contributed by atoms with Crippen molar-refractivity contribution >= 4 is 61.6 Å². The Hall–Kier alpha value is -1.44. The number of hydrogen-bond acceptors (Lipinski definition) is 4. The molecule has 0 aliphatic heterocycles. The summed E-state index contributed by atoms with van der Waals surface area (Å²) < 4.78 is 0.986. The number of thiophene rings is 2. The van der Waals surface area contributed by atoms with Gasteiger partial charge in [0.15, 0.2) is 0 Å². The molecule has 0 bridgehead atoms. The molecular formula is C13H10BrNO3S2. The van der Waals surface area contributed by atoms with Gasteiger partial charge in [-0.05, 0) is 47.1 Å². The highest BCUT2D eigenvalue weighted by Crippen LogP contribution is 2.27. The van der Waals surface area contributed by atoms with Gasteiger partial charge in [0, 0.05) is 15.8 Å². The second-order valence-corrected chi connectivity index (χ2v) is 7.62. The van der Waals surface area contributed by atoms with Crippen LogP contribution in [0.4, 0.5) is 5.00 Å². The fraction of sp³-hybridized carbons (Fsp3) is 0.0769. The molecule has 2 aromatic heterocycles. The molecule has 0 aromatic carbocycles.